The van der Waals surface area contributed by atoms with E-state index in [4.69, 9.17) is 0 Å². The zero-order valence-corrected chi connectivity index (χ0v) is 18.5. The highest BCUT2D eigenvalue weighted by Gasteiger charge is 2.20. The van der Waals surface area contributed by atoms with Crippen molar-refractivity contribution in [3.63, 3.8) is 0 Å². The number of fused-ring (bicyclic) bond motifs is 1. The third-order valence-corrected chi connectivity index (χ3v) is 7.19. The van der Waals surface area contributed by atoms with Gasteiger partial charge in [-0.2, -0.15) is 0 Å². The van der Waals surface area contributed by atoms with Gasteiger partial charge in [-0.25, -0.2) is 9.97 Å². The zero-order chi connectivity index (χ0) is 20.9. The van der Waals surface area contributed by atoms with Gasteiger partial charge in [-0.3, -0.25) is 9.78 Å². The van der Waals surface area contributed by atoms with Gasteiger partial charge in [0.15, 0.2) is 0 Å². The molecule has 0 aliphatic carbocycles. The fraction of sp³-hybridized carbons (Fsp3) is 0.273. The number of nitrogens with one attached hydrogen (secondary N) is 2. The largest absolute Gasteiger partial charge is 0.362 e. The lowest BCUT2D eigenvalue weighted by Gasteiger charge is -2.13. The second-order valence-electron chi connectivity index (χ2n) is 7.05. The summed E-state index contributed by atoms with van der Waals surface area (Å²) >= 11 is 3.12. The molecule has 4 aromatic heterocycles. The normalized spacial score (nSPS) is 12.1. The van der Waals surface area contributed by atoms with Crippen LogP contribution in [-0.4, -0.2) is 27.4 Å². The summed E-state index contributed by atoms with van der Waals surface area (Å²) in [5, 5.41) is 9.51. The first kappa shape index (κ1) is 20.4. The molecule has 0 bridgehead atoms. The molecule has 0 fully saturated rings. The topological polar surface area (TPSA) is 79.8 Å². The van der Waals surface area contributed by atoms with Gasteiger partial charge in [-0.15, -0.1) is 22.7 Å². The Bertz CT molecular complexity index is 1130. The molecule has 0 spiro atoms. The molecule has 0 saturated carbocycles. The van der Waals surface area contributed by atoms with Crippen LogP contribution in [0.3, 0.4) is 0 Å². The van der Waals surface area contributed by atoms with Gasteiger partial charge in [0.2, 0.25) is 0 Å². The van der Waals surface area contributed by atoms with Gasteiger partial charge in [-0.05, 0) is 61.4 Å². The molecule has 0 saturated heterocycles. The van der Waals surface area contributed by atoms with Crippen molar-refractivity contribution in [3.05, 3.63) is 69.2 Å². The van der Waals surface area contributed by atoms with Gasteiger partial charge >= 0.3 is 0 Å². The van der Waals surface area contributed by atoms with Crippen LogP contribution in [0.2, 0.25) is 0 Å². The quantitative estimate of drug-likeness (QED) is 0.380. The van der Waals surface area contributed by atoms with Crippen molar-refractivity contribution in [2.45, 2.75) is 32.7 Å². The molecule has 4 heterocycles. The predicted molar refractivity (Wildman–Crippen MR) is 123 cm³/mol. The van der Waals surface area contributed by atoms with E-state index >= 15 is 0 Å². The van der Waals surface area contributed by atoms with Crippen LogP contribution in [0.25, 0.3) is 10.2 Å². The number of rotatable bonds is 8. The fourth-order valence-electron chi connectivity index (χ4n) is 3.34. The molecule has 0 aliphatic heterocycles. The highest BCUT2D eigenvalue weighted by atomic mass is 32.1. The van der Waals surface area contributed by atoms with E-state index in [0.717, 1.165) is 34.4 Å². The van der Waals surface area contributed by atoms with E-state index in [1.807, 2.05) is 25.1 Å². The Morgan fingerprint density at radius 3 is 2.80 bits per heavy atom. The van der Waals surface area contributed by atoms with Crippen LogP contribution in [0, 0.1) is 6.92 Å². The second kappa shape index (κ2) is 9.32. The number of amides is 1. The van der Waals surface area contributed by atoms with Gasteiger partial charge in [-0.1, -0.05) is 6.07 Å². The van der Waals surface area contributed by atoms with Gasteiger partial charge in [0.05, 0.1) is 16.3 Å². The van der Waals surface area contributed by atoms with Crippen molar-refractivity contribution >= 4 is 44.6 Å². The summed E-state index contributed by atoms with van der Waals surface area (Å²) in [6.07, 6.45) is 6.93. The Morgan fingerprint density at radius 1 is 1.20 bits per heavy atom. The summed E-state index contributed by atoms with van der Waals surface area (Å²) in [5.41, 5.74) is 2.14. The van der Waals surface area contributed by atoms with E-state index in [-0.39, 0.29) is 11.9 Å². The van der Waals surface area contributed by atoms with Crippen molar-refractivity contribution in [1.82, 2.24) is 20.3 Å². The summed E-state index contributed by atoms with van der Waals surface area (Å²) < 4.78 is 0. The first-order chi connectivity index (χ1) is 14.6. The van der Waals surface area contributed by atoms with Crippen molar-refractivity contribution in [2.75, 3.05) is 11.9 Å². The van der Waals surface area contributed by atoms with Crippen molar-refractivity contribution in [3.8, 4) is 0 Å². The van der Waals surface area contributed by atoms with Crippen LogP contribution in [0.15, 0.2) is 48.4 Å². The number of carbonyl (C=O) groups is 1. The molecule has 8 heteroatoms. The Labute approximate surface area is 183 Å². The minimum atomic E-state index is -0.0533. The van der Waals surface area contributed by atoms with Crippen LogP contribution in [-0.2, 0) is 6.42 Å². The number of hydrogen-bond donors (Lipinski definition) is 2. The van der Waals surface area contributed by atoms with Crippen LogP contribution in [0.5, 0.6) is 0 Å². The number of aryl methyl sites for hydroxylation is 2. The molecule has 1 atom stereocenters. The first-order valence-electron chi connectivity index (χ1n) is 9.84. The summed E-state index contributed by atoms with van der Waals surface area (Å²) in [5.74, 6) is 0.717. The van der Waals surface area contributed by atoms with Gasteiger partial charge < -0.3 is 10.6 Å². The molecule has 6 nitrogen and oxygen atoms in total. The minimum absolute atomic E-state index is 0.0533. The number of anilines is 1. The smallest absolute Gasteiger partial charge is 0.261 e. The number of hydrogen-bond acceptors (Lipinski definition) is 7. The zero-order valence-electron chi connectivity index (χ0n) is 16.9. The Morgan fingerprint density at radius 2 is 2.03 bits per heavy atom. The van der Waals surface area contributed by atoms with E-state index < -0.39 is 0 Å². The number of thiophene rings is 2. The van der Waals surface area contributed by atoms with Crippen LogP contribution in [0.4, 0.5) is 5.82 Å². The number of aromatic nitrogens is 3. The summed E-state index contributed by atoms with van der Waals surface area (Å²) in [7, 11) is 0. The highest BCUT2D eigenvalue weighted by molar-refractivity contribution is 7.20. The molecule has 0 unspecified atom stereocenters. The van der Waals surface area contributed by atoms with Gasteiger partial charge in [0, 0.05) is 23.8 Å². The van der Waals surface area contributed by atoms with E-state index in [2.05, 4.69) is 44.0 Å². The van der Waals surface area contributed by atoms with Crippen molar-refractivity contribution in [2.24, 2.45) is 0 Å². The molecule has 0 aromatic carbocycles. The average Bonchev–Trinajstić information content (AvgIpc) is 3.41. The third kappa shape index (κ3) is 4.49. The molecule has 154 valence electrons. The summed E-state index contributed by atoms with van der Waals surface area (Å²) in [6, 6.07) is 8.28. The van der Waals surface area contributed by atoms with Crippen LogP contribution < -0.4 is 10.6 Å². The lowest BCUT2D eigenvalue weighted by Crippen LogP contribution is -2.24. The van der Waals surface area contributed by atoms with Crippen molar-refractivity contribution < 1.29 is 4.79 Å². The highest BCUT2D eigenvalue weighted by Crippen LogP contribution is 2.35. The number of carbonyl (C=O) groups excluding carboxylic acids is 1. The Balaban J connectivity index is 1.45. The SMILES string of the molecule is Cc1c(C(=O)NCCCc2ccncc2)sc2ncnc(N[C@@H](C)c3cccs3)c12. The van der Waals surface area contributed by atoms with Gasteiger partial charge in [0.25, 0.3) is 5.91 Å². The van der Waals surface area contributed by atoms with E-state index in [1.54, 1.807) is 30.1 Å². The standard InChI is InChI=1S/C22H23N5OS2/c1-14-18-20(27-15(2)17-6-4-12-29-17)25-13-26-22(18)30-19(14)21(28)24-9-3-5-16-7-10-23-11-8-16/h4,6-8,10-13,15H,3,5,9H2,1-2H3,(H,24,28)(H,25,26,27)/t15-/m0/s1. The summed E-state index contributed by atoms with van der Waals surface area (Å²) in [4.78, 5) is 28.4. The minimum Gasteiger partial charge on any atom is -0.362 e. The monoisotopic (exact) mass is 437 g/mol. The second-order valence-corrected chi connectivity index (χ2v) is 9.03. The summed E-state index contributed by atoms with van der Waals surface area (Å²) in [6.45, 7) is 4.70. The Hall–Kier alpha value is -2.84. The Kier molecular flexibility index (Phi) is 6.35. The lowest BCUT2D eigenvalue weighted by atomic mass is 10.1. The molecular formula is C22H23N5OS2. The molecule has 2 N–H and O–H groups in total. The van der Waals surface area contributed by atoms with Crippen LogP contribution >= 0.6 is 22.7 Å². The van der Waals surface area contributed by atoms with Gasteiger partial charge in [0.1, 0.15) is 17.0 Å². The predicted octanol–water partition coefficient (Wildman–Crippen LogP) is 4.99. The first-order valence-corrected chi connectivity index (χ1v) is 11.5. The van der Waals surface area contributed by atoms with E-state index in [9.17, 15) is 4.79 Å². The van der Waals surface area contributed by atoms with E-state index in [1.165, 1.54) is 21.8 Å². The molecule has 4 aromatic rings. The maximum absolute atomic E-state index is 12.8. The maximum Gasteiger partial charge on any atom is 0.261 e. The maximum atomic E-state index is 12.8. The van der Waals surface area contributed by atoms with Crippen LogP contribution in [0.1, 0.15) is 45.1 Å². The van der Waals surface area contributed by atoms with Crippen molar-refractivity contribution in [1.29, 1.82) is 0 Å². The number of pyridine rings is 1. The average molecular weight is 438 g/mol. The fourth-order valence-corrected chi connectivity index (χ4v) is 5.14. The molecule has 30 heavy (non-hydrogen) atoms. The molecule has 4 rings (SSSR count). The molecule has 1 amide bonds. The third-order valence-electron chi connectivity index (χ3n) is 4.93. The number of nitrogens with zero attached hydrogens (tertiary/aromatic N) is 3. The molecule has 0 radical (unpaired) electrons. The lowest BCUT2D eigenvalue weighted by molar-refractivity contribution is 0.0957. The molecule has 0 aliphatic rings. The molecular weight excluding hydrogens is 414 g/mol. The van der Waals surface area contributed by atoms with E-state index in [0.29, 0.717) is 11.4 Å².